The molecule has 6 heteroatoms. The quantitative estimate of drug-likeness (QED) is 0.437. The van der Waals surface area contributed by atoms with Crippen LogP contribution in [0.25, 0.3) is 11.5 Å². The third kappa shape index (κ3) is 5.90. The van der Waals surface area contributed by atoms with Crippen molar-refractivity contribution in [1.29, 1.82) is 0 Å². The van der Waals surface area contributed by atoms with Crippen LogP contribution in [-0.2, 0) is 17.6 Å². The predicted octanol–water partition coefficient (Wildman–Crippen LogP) is 5.71. The number of aryl methyl sites for hydroxylation is 1. The maximum absolute atomic E-state index is 11.5. The van der Waals surface area contributed by atoms with Crippen molar-refractivity contribution in [2.24, 2.45) is 5.92 Å². The molecule has 0 amide bonds. The Labute approximate surface area is 189 Å². The molecule has 170 valence electrons. The van der Waals surface area contributed by atoms with E-state index in [0.717, 1.165) is 29.0 Å². The second kappa shape index (κ2) is 9.90. The molecule has 0 fully saturated rings. The van der Waals surface area contributed by atoms with E-state index in [1.807, 2.05) is 49.4 Å². The average molecular weight is 438 g/mol. The van der Waals surface area contributed by atoms with Gasteiger partial charge in [0, 0.05) is 12.0 Å². The van der Waals surface area contributed by atoms with Gasteiger partial charge in [-0.3, -0.25) is 0 Å². The molecule has 0 atom stereocenters. The lowest BCUT2D eigenvalue weighted by molar-refractivity contribution is -0.152. The summed E-state index contributed by atoms with van der Waals surface area (Å²) in [6, 6.07) is 15.3. The van der Waals surface area contributed by atoms with Gasteiger partial charge >= 0.3 is 5.97 Å². The number of hydrogen-bond donors (Lipinski definition) is 1. The maximum Gasteiger partial charge on any atom is 0.347 e. The number of aliphatic carboxylic acids is 1. The Balaban J connectivity index is 1.69. The number of oxazole rings is 1. The summed E-state index contributed by atoms with van der Waals surface area (Å²) in [5.74, 6) is 2.05. The van der Waals surface area contributed by atoms with Gasteiger partial charge in [0.25, 0.3) is 0 Å². The normalized spacial score (nSPS) is 11.6. The highest BCUT2D eigenvalue weighted by Gasteiger charge is 2.30. The first-order valence-corrected chi connectivity index (χ1v) is 10.9. The van der Waals surface area contributed by atoms with Gasteiger partial charge < -0.3 is 19.0 Å². The molecule has 3 rings (SSSR count). The molecular weight excluding hydrogens is 406 g/mol. The van der Waals surface area contributed by atoms with E-state index in [9.17, 15) is 9.90 Å². The largest absolute Gasteiger partial charge is 0.493 e. The number of nitrogens with zero attached hydrogens (tertiary/aromatic N) is 1. The molecule has 0 bridgehead atoms. The van der Waals surface area contributed by atoms with Crippen LogP contribution in [0.5, 0.6) is 11.5 Å². The highest BCUT2D eigenvalue weighted by molar-refractivity contribution is 5.76. The highest BCUT2D eigenvalue weighted by atomic mass is 16.5. The third-order valence-electron chi connectivity index (χ3n) is 5.06. The molecule has 0 spiro atoms. The molecule has 1 heterocycles. The standard InChI is InChI=1S/C26H31NO5/c1-17(2)15-20-16-21(11-12-23(20)32-26(4,5)25(28)29)30-14-13-22-18(3)31-24(27-22)19-9-7-6-8-10-19/h6-12,16-17H,13-15H2,1-5H3,(H,28,29). The average Bonchev–Trinajstić information content (AvgIpc) is 3.10. The summed E-state index contributed by atoms with van der Waals surface area (Å²) in [4.78, 5) is 16.1. The van der Waals surface area contributed by atoms with Crippen molar-refractivity contribution in [1.82, 2.24) is 4.98 Å². The number of carbonyl (C=O) groups is 1. The zero-order chi connectivity index (χ0) is 23.3. The lowest BCUT2D eigenvalue weighted by Gasteiger charge is -2.24. The summed E-state index contributed by atoms with van der Waals surface area (Å²) in [6.07, 6.45) is 1.37. The fraction of sp³-hybridized carbons (Fsp3) is 0.385. The fourth-order valence-electron chi connectivity index (χ4n) is 3.29. The van der Waals surface area contributed by atoms with Crippen LogP contribution in [0, 0.1) is 12.8 Å². The number of carboxylic acid groups (broad SMARTS) is 1. The second-order valence-corrected chi connectivity index (χ2v) is 8.77. The van der Waals surface area contributed by atoms with Crippen LogP contribution in [-0.4, -0.2) is 28.3 Å². The zero-order valence-corrected chi connectivity index (χ0v) is 19.3. The summed E-state index contributed by atoms with van der Waals surface area (Å²) >= 11 is 0. The lowest BCUT2D eigenvalue weighted by Crippen LogP contribution is -2.38. The Kier molecular flexibility index (Phi) is 7.23. The Hall–Kier alpha value is -3.28. The number of carboxylic acids is 1. The van der Waals surface area contributed by atoms with E-state index < -0.39 is 11.6 Å². The Bertz CT molecular complexity index is 1050. The van der Waals surface area contributed by atoms with Crippen molar-refractivity contribution in [3.05, 3.63) is 65.5 Å². The zero-order valence-electron chi connectivity index (χ0n) is 19.3. The first kappa shape index (κ1) is 23.4. The van der Waals surface area contributed by atoms with E-state index in [-0.39, 0.29) is 0 Å². The van der Waals surface area contributed by atoms with Crippen molar-refractivity contribution in [3.8, 4) is 23.0 Å². The molecule has 1 N–H and O–H groups in total. The van der Waals surface area contributed by atoms with E-state index in [2.05, 4.69) is 18.8 Å². The molecule has 0 saturated carbocycles. The smallest absolute Gasteiger partial charge is 0.347 e. The molecule has 1 aromatic heterocycles. The fourth-order valence-corrected chi connectivity index (χ4v) is 3.29. The van der Waals surface area contributed by atoms with Crippen LogP contribution < -0.4 is 9.47 Å². The van der Waals surface area contributed by atoms with Crippen LogP contribution in [0.1, 0.15) is 44.7 Å². The Morgan fingerprint density at radius 2 is 1.88 bits per heavy atom. The molecule has 0 saturated heterocycles. The van der Waals surface area contributed by atoms with Gasteiger partial charge in [-0.2, -0.15) is 0 Å². The van der Waals surface area contributed by atoms with Crippen molar-refractivity contribution in [3.63, 3.8) is 0 Å². The summed E-state index contributed by atoms with van der Waals surface area (Å²) in [7, 11) is 0. The number of rotatable bonds is 10. The topological polar surface area (TPSA) is 81.8 Å². The van der Waals surface area contributed by atoms with Crippen molar-refractivity contribution >= 4 is 5.97 Å². The first-order valence-electron chi connectivity index (χ1n) is 10.9. The second-order valence-electron chi connectivity index (χ2n) is 8.77. The lowest BCUT2D eigenvalue weighted by atomic mass is 10.0. The molecular formula is C26H31NO5. The third-order valence-corrected chi connectivity index (χ3v) is 5.06. The summed E-state index contributed by atoms with van der Waals surface area (Å²) in [5.41, 5.74) is 1.43. The van der Waals surface area contributed by atoms with Gasteiger partial charge in [0.1, 0.15) is 17.3 Å². The molecule has 6 nitrogen and oxygen atoms in total. The molecule has 0 radical (unpaired) electrons. The number of ether oxygens (including phenoxy) is 2. The van der Waals surface area contributed by atoms with Crippen LogP contribution in [0.3, 0.4) is 0 Å². The molecule has 2 aromatic carbocycles. The minimum atomic E-state index is -1.31. The molecule has 0 aliphatic heterocycles. The van der Waals surface area contributed by atoms with Crippen LogP contribution in [0.2, 0.25) is 0 Å². The van der Waals surface area contributed by atoms with Crippen molar-refractivity contribution in [2.75, 3.05) is 6.61 Å². The predicted molar refractivity (Wildman–Crippen MR) is 123 cm³/mol. The summed E-state index contributed by atoms with van der Waals surface area (Å²) in [5, 5.41) is 9.39. The van der Waals surface area contributed by atoms with Gasteiger partial charge in [-0.25, -0.2) is 9.78 Å². The molecule has 0 aliphatic rings. The van der Waals surface area contributed by atoms with Gasteiger partial charge in [-0.05, 0) is 69.0 Å². The van der Waals surface area contributed by atoms with Crippen molar-refractivity contribution < 1.29 is 23.8 Å². The monoisotopic (exact) mass is 437 g/mol. The van der Waals surface area contributed by atoms with Gasteiger partial charge in [0.15, 0.2) is 5.60 Å². The van der Waals surface area contributed by atoms with E-state index in [4.69, 9.17) is 13.9 Å². The molecule has 0 unspecified atom stereocenters. The molecule has 0 aliphatic carbocycles. The number of aromatic nitrogens is 1. The number of benzene rings is 2. The molecule has 3 aromatic rings. The minimum Gasteiger partial charge on any atom is -0.493 e. The minimum absolute atomic E-state index is 0.384. The van der Waals surface area contributed by atoms with Crippen molar-refractivity contribution in [2.45, 2.75) is 53.1 Å². The molecule has 32 heavy (non-hydrogen) atoms. The van der Waals surface area contributed by atoms with Gasteiger partial charge in [-0.15, -0.1) is 0 Å². The van der Waals surface area contributed by atoms with Gasteiger partial charge in [0.2, 0.25) is 5.89 Å². The van der Waals surface area contributed by atoms with Crippen LogP contribution in [0.15, 0.2) is 52.9 Å². The number of hydrogen-bond acceptors (Lipinski definition) is 5. The van der Waals surface area contributed by atoms with E-state index in [0.29, 0.717) is 36.3 Å². The Morgan fingerprint density at radius 3 is 2.53 bits per heavy atom. The summed E-state index contributed by atoms with van der Waals surface area (Å²) in [6.45, 7) is 9.66. The highest BCUT2D eigenvalue weighted by Crippen LogP contribution is 2.30. The van der Waals surface area contributed by atoms with Gasteiger partial charge in [0.05, 0.1) is 12.3 Å². The first-order chi connectivity index (χ1) is 15.2. The Morgan fingerprint density at radius 1 is 1.16 bits per heavy atom. The van der Waals surface area contributed by atoms with E-state index in [1.165, 1.54) is 0 Å². The van der Waals surface area contributed by atoms with Crippen LogP contribution in [0.4, 0.5) is 0 Å². The van der Waals surface area contributed by atoms with Gasteiger partial charge in [-0.1, -0.05) is 32.0 Å². The van der Waals surface area contributed by atoms with E-state index >= 15 is 0 Å². The SMILES string of the molecule is Cc1oc(-c2ccccc2)nc1CCOc1ccc(OC(C)(C)C(=O)O)c(CC(C)C)c1. The summed E-state index contributed by atoms with van der Waals surface area (Å²) < 4.78 is 17.6. The van der Waals surface area contributed by atoms with E-state index in [1.54, 1.807) is 19.9 Å². The maximum atomic E-state index is 11.5. The van der Waals surface area contributed by atoms with Crippen LogP contribution >= 0.6 is 0 Å².